The maximum Gasteiger partial charge on any atom is 0.310 e. The number of carbonyl (C=O) groups excluding carboxylic acids is 1. The summed E-state index contributed by atoms with van der Waals surface area (Å²) in [5.74, 6) is 1.86. The van der Waals surface area contributed by atoms with Crippen LogP contribution in [0.25, 0.3) is 0 Å². The molecule has 0 spiro atoms. The monoisotopic (exact) mass is 237 g/mol. The number of nitrogens with zero attached hydrogens (tertiary/aromatic N) is 3. The number of fused-ring (bicyclic) bond motifs is 1. The normalized spacial score (nSPS) is 18.8. The largest absolute Gasteiger partial charge is 0.469 e. The van der Waals surface area contributed by atoms with Gasteiger partial charge in [-0.2, -0.15) is 0 Å². The number of rotatable bonds is 4. The number of ether oxygens (including phenoxy) is 1. The van der Waals surface area contributed by atoms with Crippen molar-refractivity contribution in [2.24, 2.45) is 5.92 Å². The fourth-order valence-electron chi connectivity index (χ4n) is 2.26. The first-order chi connectivity index (χ1) is 8.26. The average Bonchev–Trinajstić information content (AvgIpc) is 2.77. The Morgan fingerprint density at radius 2 is 2.35 bits per heavy atom. The summed E-state index contributed by atoms with van der Waals surface area (Å²) in [5.41, 5.74) is 0. The van der Waals surface area contributed by atoms with Crippen molar-refractivity contribution >= 4 is 5.97 Å². The number of carbonyl (C=O) groups is 1. The van der Waals surface area contributed by atoms with E-state index in [2.05, 4.69) is 21.7 Å². The average molecular weight is 237 g/mol. The molecule has 2 rings (SSSR count). The Hall–Kier alpha value is -1.39. The highest BCUT2D eigenvalue weighted by Gasteiger charge is 2.27. The van der Waals surface area contributed by atoms with Crippen molar-refractivity contribution < 1.29 is 9.53 Å². The Kier molecular flexibility index (Phi) is 3.76. The zero-order chi connectivity index (χ0) is 12.3. The van der Waals surface area contributed by atoms with E-state index in [0.29, 0.717) is 6.54 Å². The molecule has 0 amide bonds. The van der Waals surface area contributed by atoms with Gasteiger partial charge in [0.15, 0.2) is 0 Å². The molecule has 1 aromatic heterocycles. The van der Waals surface area contributed by atoms with Crippen LogP contribution in [0.1, 0.15) is 37.8 Å². The van der Waals surface area contributed by atoms with Gasteiger partial charge in [0, 0.05) is 19.4 Å². The highest BCUT2D eigenvalue weighted by Crippen LogP contribution is 2.21. The minimum Gasteiger partial charge on any atom is -0.469 e. The van der Waals surface area contributed by atoms with Crippen LogP contribution in [0.5, 0.6) is 0 Å². The lowest BCUT2D eigenvalue weighted by Gasteiger charge is -2.22. The van der Waals surface area contributed by atoms with Gasteiger partial charge in [0.2, 0.25) is 0 Å². The highest BCUT2D eigenvalue weighted by atomic mass is 16.5. The zero-order valence-corrected chi connectivity index (χ0v) is 10.5. The molecule has 17 heavy (non-hydrogen) atoms. The molecule has 0 fully saturated rings. The Morgan fingerprint density at radius 1 is 1.53 bits per heavy atom. The van der Waals surface area contributed by atoms with Crippen molar-refractivity contribution in [3.63, 3.8) is 0 Å². The van der Waals surface area contributed by atoms with E-state index in [-0.39, 0.29) is 11.9 Å². The number of hydrogen-bond donors (Lipinski definition) is 0. The van der Waals surface area contributed by atoms with Crippen LogP contribution in [-0.4, -0.2) is 27.8 Å². The third-order valence-corrected chi connectivity index (χ3v) is 3.31. The molecular formula is C12H19N3O2. The summed E-state index contributed by atoms with van der Waals surface area (Å²) in [4.78, 5) is 11.5. The molecule has 94 valence electrons. The van der Waals surface area contributed by atoms with Crippen LogP contribution in [0.3, 0.4) is 0 Å². The molecule has 5 heteroatoms. The lowest BCUT2D eigenvalue weighted by molar-refractivity contribution is -0.146. The molecule has 0 aliphatic carbocycles. The van der Waals surface area contributed by atoms with Crippen LogP contribution < -0.4 is 0 Å². The van der Waals surface area contributed by atoms with Gasteiger partial charge >= 0.3 is 5.97 Å². The van der Waals surface area contributed by atoms with Gasteiger partial charge in [-0.15, -0.1) is 10.2 Å². The standard InChI is InChI=1S/C12H19N3O2/c1-3-4-5-10-13-14-11-7-6-9(8-15(10)11)12(16)17-2/h9H,3-8H2,1-2H3. The lowest BCUT2D eigenvalue weighted by Crippen LogP contribution is -2.28. The molecule has 0 bridgehead atoms. The van der Waals surface area contributed by atoms with Gasteiger partial charge in [0.05, 0.1) is 13.0 Å². The molecule has 1 aromatic rings. The second kappa shape index (κ2) is 5.29. The Labute approximate surface area is 101 Å². The van der Waals surface area contributed by atoms with E-state index in [0.717, 1.165) is 43.8 Å². The topological polar surface area (TPSA) is 57.0 Å². The summed E-state index contributed by atoms with van der Waals surface area (Å²) < 4.78 is 6.91. The molecule has 0 saturated heterocycles. The van der Waals surface area contributed by atoms with E-state index in [1.54, 1.807) is 0 Å². The van der Waals surface area contributed by atoms with Gasteiger partial charge in [-0.05, 0) is 12.8 Å². The van der Waals surface area contributed by atoms with Crippen LogP contribution in [0.15, 0.2) is 0 Å². The SMILES string of the molecule is CCCCc1nnc2n1CC(C(=O)OC)CC2. The van der Waals surface area contributed by atoms with Crippen molar-refractivity contribution in [1.29, 1.82) is 0 Å². The summed E-state index contributed by atoms with van der Waals surface area (Å²) in [5, 5.41) is 8.41. The van der Waals surface area contributed by atoms with Gasteiger partial charge < -0.3 is 9.30 Å². The highest BCUT2D eigenvalue weighted by molar-refractivity contribution is 5.72. The lowest BCUT2D eigenvalue weighted by atomic mass is 9.99. The molecule has 0 N–H and O–H groups in total. The third kappa shape index (κ3) is 2.48. The van der Waals surface area contributed by atoms with Crippen LogP contribution in [0, 0.1) is 5.92 Å². The number of unbranched alkanes of at least 4 members (excludes halogenated alkanes) is 1. The number of methoxy groups -OCH3 is 1. The molecule has 0 saturated carbocycles. The Balaban J connectivity index is 2.11. The summed E-state index contributed by atoms with van der Waals surface area (Å²) >= 11 is 0. The van der Waals surface area contributed by atoms with Crippen LogP contribution in [0.4, 0.5) is 0 Å². The smallest absolute Gasteiger partial charge is 0.310 e. The van der Waals surface area contributed by atoms with Crippen molar-refractivity contribution in [2.45, 2.75) is 45.6 Å². The van der Waals surface area contributed by atoms with Crippen molar-refractivity contribution in [3.8, 4) is 0 Å². The second-order valence-electron chi connectivity index (χ2n) is 4.51. The number of hydrogen-bond acceptors (Lipinski definition) is 4. The van der Waals surface area contributed by atoms with Gasteiger partial charge in [-0.3, -0.25) is 4.79 Å². The minimum atomic E-state index is -0.120. The van der Waals surface area contributed by atoms with E-state index >= 15 is 0 Å². The quantitative estimate of drug-likeness (QED) is 0.742. The van der Waals surface area contributed by atoms with E-state index in [1.165, 1.54) is 7.11 Å². The van der Waals surface area contributed by atoms with Gasteiger partial charge in [0.25, 0.3) is 0 Å². The van der Waals surface area contributed by atoms with E-state index < -0.39 is 0 Å². The maximum absolute atomic E-state index is 11.5. The minimum absolute atomic E-state index is 0.0381. The van der Waals surface area contributed by atoms with Crippen molar-refractivity contribution in [2.75, 3.05) is 7.11 Å². The molecule has 1 aliphatic rings. The van der Waals surface area contributed by atoms with Gasteiger partial charge in [0.1, 0.15) is 11.6 Å². The first-order valence-electron chi connectivity index (χ1n) is 6.25. The van der Waals surface area contributed by atoms with Gasteiger partial charge in [-0.25, -0.2) is 0 Å². The Bertz CT molecular complexity index is 400. The van der Waals surface area contributed by atoms with Crippen molar-refractivity contribution in [3.05, 3.63) is 11.6 Å². The van der Waals surface area contributed by atoms with E-state index in [1.807, 2.05) is 0 Å². The number of esters is 1. The van der Waals surface area contributed by atoms with E-state index in [4.69, 9.17) is 4.74 Å². The fraction of sp³-hybridized carbons (Fsp3) is 0.750. The molecule has 2 heterocycles. The number of aromatic nitrogens is 3. The first kappa shape index (κ1) is 12.1. The maximum atomic E-state index is 11.5. The summed E-state index contributed by atoms with van der Waals surface area (Å²) in [6, 6.07) is 0. The molecule has 1 atom stereocenters. The number of aryl methyl sites for hydroxylation is 2. The zero-order valence-electron chi connectivity index (χ0n) is 10.5. The second-order valence-corrected chi connectivity index (χ2v) is 4.51. The molecule has 1 unspecified atom stereocenters. The van der Waals surface area contributed by atoms with Crippen LogP contribution >= 0.6 is 0 Å². The van der Waals surface area contributed by atoms with Crippen molar-refractivity contribution in [1.82, 2.24) is 14.8 Å². The molecule has 5 nitrogen and oxygen atoms in total. The molecule has 0 radical (unpaired) electrons. The predicted molar refractivity (Wildman–Crippen MR) is 62.5 cm³/mol. The summed E-state index contributed by atoms with van der Waals surface area (Å²) in [6.45, 7) is 2.83. The molecular weight excluding hydrogens is 218 g/mol. The van der Waals surface area contributed by atoms with Crippen LogP contribution in [0.2, 0.25) is 0 Å². The molecule has 0 aromatic carbocycles. The fourth-order valence-corrected chi connectivity index (χ4v) is 2.26. The first-order valence-corrected chi connectivity index (χ1v) is 6.25. The van der Waals surface area contributed by atoms with E-state index in [9.17, 15) is 4.79 Å². The summed E-state index contributed by atoms with van der Waals surface area (Å²) in [7, 11) is 1.45. The predicted octanol–water partition coefficient (Wildman–Crippen LogP) is 1.36. The Morgan fingerprint density at radius 3 is 3.06 bits per heavy atom. The van der Waals surface area contributed by atoms with Crippen LogP contribution in [-0.2, 0) is 28.9 Å². The third-order valence-electron chi connectivity index (χ3n) is 3.31. The molecule has 1 aliphatic heterocycles. The van der Waals surface area contributed by atoms with Gasteiger partial charge in [-0.1, -0.05) is 13.3 Å². The summed E-state index contributed by atoms with van der Waals surface area (Å²) in [6.07, 6.45) is 4.83.